The van der Waals surface area contributed by atoms with Gasteiger partial charge in [0.2, 0.25) is 0 Å². The van der Waals surface area contributed by atoms with Crippen molar-refractivity contribution in [3.8, 4) is 22.4 Å². The minimum atomic E-state index is 0.917. The highest BCUT2D eigenvalue weighted by Gasteiger charge is 2.12. The second-order valence-electron chi connectivity index (χ2n) is 9.75. The molecule has 176 valence electrons. The SMILES string of the molecule is c1ccc2c(c1)ccc1cc(-c3cc(-c4ccc5ccc6cccnc6c5n4)c4cnccc4c3)ccc12. The molecular weight excluding hydrogens is 462 g/mol. The fraction of sp³-hybridized carbons (Fsp3) is 0. The van der Waals surface area contributed by atoms with Gasteiger partial charge in [0.1, 0.15) is 0 Å². The van der Waals surface area contributed by atoms with Crippen molar-refractivity contribution in [1.82, 2.24) is 15.0 Å². The maximum absolute atomic E-state index is 5.15. The summed E-state index contributed by atoms with van der Waals surface area (Å²) in [6.07, 6.45) is 5.63. The molecule has 0 saturated carbocycles. The van der Waals surface area contributed by atoms with E-state index in [-0.39, 0.29) is 0 Å². The van der Waals surface area contributed by atoms with Crippen molar-refractivity contribution >= 4 is 54.1 Å². The molecule has 0 radical (unpaired) electrons. The van der Waals surface area contributed by atoms with Crippen LogP contribution in [-0.2, 0) is 0 Å². The lowest BCUT2D eigenvalue weighted by Crippen LogP contribution is -1.91. The number of nitrogens with zero attached hydrogens (tertiary/aromatic N) is 3. The number of fused-ring (bicyclic) bond motifs is 7. The minimum Gasteiger partial charge on any atom is -0.264 e. The van der Waals surface area contributed by atoms with Gasteiger partial charge in [-0.1, -0.05) is 72.8 Å². The second-order valence-corrected chi connectivity index (χ2v) is 9.75. The van der Waals surface area contributed by atoms with E-state index in [1.165, 1.54) is 27.1 Å². The first-order chi connectivity index (χ1) is 18.8. The lowest BCUT2D eigenvalue weighted by Gasteiger charge is -2.12. The molecule has 0 saturated heterocycles. The summed E-state index contributed by atoms with van der Waals surface area (Å²) in [6.45, 7) is 0. The molecular formula is C35H21N3. The molecule has 0 spiro atoms. The number of aromatic nitrogens is 3. The van der Waals surface area contributed by atoms with E-state index in [4.69, 9.17) is 4.98 Å². The molecule has 0 aliphatic rings. The van der Waals surface area contributed by atoms with E-state index in [0.29, 0.717) is 0 Å². The molecule has 0 atom stereocenters. The predicted molar refractivity (Wildman–Crippen MR) is 158 cm³/mol. The maximum Gasteiger partial charge on any atom is 0.0972 e. The van der Waals surface area contributed by atoms with Gasteiger partial charge in [-0.3, -0.25) is 9.97 Å². The summed E-state index contributed by atoms with van der Waals surface area (Å²) in [7, 11) is 0. The van der Waals surface area contributed by atoms with Crippen LogP contribution >= 0.6 is 0 Å². The van der Waals surface area contributed by atoms with Crippen molar-refractivity contribution in [1.29, 1.82) is 0 Å². The molecule has 0 aliphatic carbocycles. The average Bonchev–Trinajstić information content (AvgIpc) is 3.00. The van der Waals surface area contributed by atoms with Gasteiger partial charge in [-0.2, -0.15) is 0 Å². The van der Waals surface area contributed by atoms with Crippen LogP contribution in [0, 0.1) is 0 Å². The molecule has 0 bridgehead atoms. The van der Waals surface area contributed by atoms with E-state index in [1.807, 2.05) is 24.7 Å². The zero-order chi connectivity index (χ0) is 25.1. The first-order valence-corrected chi connectivity index (χ1v) is 12.8. The number of hydrogen-bond acceptors (Lipinski definition) is 3. The van der Waals surface area contributed by atoms with Crippen LogP contribution < -0.4 is 0 Å². The van der Waals surface area contributed by atoms with Gasteiger partial charge < -0.3 is 0 Å². The summed E-state index contributed by atoms with van der Waals surface area (Å²) in [5, 5.41) is 9.45. The number of hydrogen-bond donors (Lipinski definition) is 0. The second kappa shape index (κ2) is 8.19. The molecule has 5 aromatic carbocycles. The molecule has 38 heavy (non-hydrogen) atoms. The Morgan fingerprint density at radius 1 is 0.447 bits per heavy atom. The van der Waals surface area contributed by atoms with Crippen LogP contribution in [0.3, 0.4) is 0 Å². The van der Waals surface area contributed by atoms with Crippen LogP contribution in [-0.4, -0.2) is 15.0 Å². The predicted octanol–water partition coefficient (Wildman–Crippen LogP) is 8.97. The van der Waals surface area contributed by atoms with Gasteiger partial charge >= 0.3 is 0 Å². The Hall–Kier alpha value is -5.15. The average molecular weight is 484 g/mol. The Morgan fingerprint density at radius 2 is 1.18 bits per heavy atom. The highest BCUT2D eigenvalue weighted by atomic mass is 14.8. The Balaban J connectivity index is 1.36. The van der Waals surface area contributed by atoms with E-state index in [2.05, 4.69) is 113 Å². The Labute approximate surface area is 219 Å². The first-order valence-electron chi connectivity index (χ1n) is 12.8. The molecule has 8 rings (SSSR count). The van der Waals surface area contributed by atoms with Gasteiger partial charge in [-0.15, -0.1) is 0 Å². The van der Waals surface area contributed by atoms with Crippen LogP contribution in [0.15, 0.2) is 128 Å². The normalized spacial score (nSPS) is 11.7. The van der Waals surface area contributed by atoms with Gasteiger partial charge in [0, 0.05) is 40.3 Å². The zero-order valence-electron chi connectivity index (χ0n) is 20.5. The molecule has 0 N–H and O–H groups in total. The van der Waals surface area contributed by atoms with Crippen LogP contribution in [0.25, 0.3) is 76.5 Å². The summed E-state index contributed by atoms with van der Waals surface area (Å²) in [6, 6.07) is 38.8. The highest BCUT2D eigenvalue weighted by molar-refractivity contribution is 6.09. The number of benzene rings is 5. The van der Waals surface area contributed by atoms with Crippen molar-refractivity contribution in [2.75, 3.05) is 0 Å². The zero-order valence-corrected chi connectivity index (χ0v) is 20.5. The molecule has 0 aliphatic heterocycles. The molecule has 3 heteroatoms. The summed E-state index contributed by atoms with van der Waals surface area (Å²) < 4.78 is 0. The van der Waals surface area contributed by atoms with Gasteiger partial charge in [0.25, 0.3) is 0 Å². The molecule has 8 aromatic rings. The van der Waals surface area contributed by atoms with Gasteiger partial charge in [-0.05, 0) is 74.5 Å². The molecule has 3 aromatic heterocycles. The first kappa shape index (κ1) is 21.0. The number of pyridine rings is 3. The quantitative estimate of drug-likeness (QED) is 0.230. The summed E-state index contributed by atoms with van der Waals surface area (Å²) in [5.74, 6) is 0. The highest BCUT2D eigenvalue weighted by Crippen LogP contribution is 2.36. The van der Waals surface area contributed by atoms with Crippen LogP contribution in [0.5, 0.6) is 0 Å². The minimum absolute atomic E-state index is 0.917. The third-order valence-corrected chi connectivity index (χ3v) is 7.54. The lowest BCUT2D eigenvalue weighted by molar-refractivity contribution is 1.35. The monoisotopic (exact) mass is 483 g/mol. The summed E-state index contributed by atoms with van der Waals surface area (Å²) >= 11 is 0. The van der Waals surface area contributed by atoms with Crippen molar-refractivity contribution in [2.24, 2.45) is 0 Å². The topological polar surface area (TPSA) is 38.7 Å². The largest absolute Gasteiger partial charge is 0.264 e. The number of rotatable bonds is 2. The molecule has 3 nitrogen and oxygen atoms in total. The van der Waals surface area contributed by atoms with E-state index < -0.39 is 0 Å². The fourth-order valence-electron chi connectivity index (χ4n) is 5.64. The van der Waals surface area contributed by atoms with Gasteiger partial charge in [0.05, 0.1) is 16.7 Å². The Morgan fingerprint density at radius 3 is 2.16 bits per heavy atom. The van der Waals surface area contributed by atoms with Crippen molar-refractivity contribution in [3.05, 3.63) is 128 Å². The van der Waals surface area contributed by atoms with Gasteiger partial charge in [0.15, 0.2) is 0 Å². The van der Waals surface area contributed by atoms with Crippen LogP contribution in [0.1, 0.15) is 0 Å². The van der Waals surface area contributed by atoms with Crippen molar-refractivity contribution < 1.29 is 0 Å². The molecule has 0 amide bonds. The van der Waals surface area contributed by atoms with E-state index >= 15 is 0 Å². The fourth-order valence-corrected chi connectivity index (χ4v) is 5.64. The van der Waals surface area contributed by atoms with Crippen molar-refractivity contribution in [2.45, 2.75) is 0 Å². The van der Waals surface area contributed by atoms with E-state index in [0.717, 1.165) is 49.4 Å². The van der Waals surface area contributed by atoms with Crippen molar-refractivity contribution in [3.63, 3.8) is 0 Å². The maximum atomic E-state index is 5.15. The molecule has 3 heterocycles. The Bertz CT molecular complexity index is 2200. The summed E-state index contributed by atoms with van der Waals surface area (Å²) in [4.78, 5) is 14.2. The third kappa shape index (κ3) is 3.26. The lowest BCUT2D eigenvalue weighted by atomic mass is 9.93. The smallest absolute Gasteiger partial charge is 0.0972 e. The molecule has 0 unspecified atom stereocenters. The Kier molecular flexibility index (Phi) is 4.52. The van der Waals surface area contributed by atoms with Crippen LogP contribution in [0.2, 0.25) is 0 Å². The standard InChI is InChI=1S/C35H21N3/c1-2-6-29-22(4-1)7-10-26-18-25(11-13-30(26)29)28-19-27-15-17-36-21-32(27)31(20-28)33-14-12-24-9-8-23-5-3-16-37-34(23)35(24)38-33/h1-21H. The summed E-state index contributed by atoms with van der Waals surface area (Å²) in [5.41, 5.74) is 6.17. The van der Waals surface area contributed by atoms with Crippen LogP contribution in [0.4, 0.5) is 0 Å². The van der Waals surface area contributed by atoms with E-state index in [9.17, 15) is 0 Å². The van der Waals surface area contributed by atoms with E-state index in [1.54, 1.807) is 0 Å². The molecule has 0 fully saturated rings. The third-order valence-electron chi connectivity index (χ3n) is 7.54. The van der Waals surface area contributed by atoms with Gasteiger partial charge in [-0.25, -0.2) is 4.98 Å².